The maximum atomic E-state index is 13.3. The maximum absolute atomic E-state index is 13.3. The molecule has 9 nitrogen and oxygen atoms in total. The maximum Gasteiger partial charge on any atom is 0.294 e. The predicted octanol–water partition coefficient (Wildman–Crippen LogP) is 2.83. The normalized spacial score (nSPS) is 16.5. The zero-order valence-electron chi connectivity index (χ0n) is 16.0. The van der Waals surface area contributed by atoms with Crippen LogP contribution >= 0.6 is 0 Å². The number of Topliss-reactive ketones (excluding diaryl/α,β-unsaturated/α-hetero) is 1. The number of fused-ring (bicyclic) bond motifs is 1. The Kier molecular flexibility index (Phi) is 4.37. The molecule has 1 unspecified atom stereocenters. The molecular weight excluding hydrogens is 400 g/mol. The molecule has 3 N–H and O–H groups in total. The molecule has 31 heavy (non-hydrogen) atoms. The number of carbonyl (C=O) groups excluding carboxylic acids is 2. The number of aromatic nitrogens is 3. The zero-order valence-corrected chi connectivity index (χ0v) is 16.0. The van der Waals surface area contributed by atoms with Crippen molar-refractivity contribution in [2.75, 3.05) is 4.90 Å². The van der Waals surface area contributed by atoms with Crippen molar-refractivity contribution in [2.24, 2.45) is 0 Å². The summed E-state index contributed by atoms with van der Waals surface area (Å²) in [6, 6.07) is 10.2. The fraction of sp³-hybridized carbons (Fsp3) is 0.0909. The van der Waals surface area contributed by atoms with Crippen LogP contribution in [0.15, 0.2) is 76.9 Å². The molecule has 3 aromatic heterocycles. The Bertz CT molecular complexity index is 1340. The highest BCUT2D eigenvalue weighted by atomic mass is 16.4. The Hall–Kier alpha value is -4.24. The van der Waals surface area contributed by atoms with Gasteiger partial charge in [-0.25, -0.2) is 4.98 Å². The number of pyridine rings is 1. The first-order chi connectivity index (χ1) is 15.1. The van der Waals surface area contributed by atoms with Crippen molar-refractivity contribution in [3.05, 3.63) is 89.6 Å². The lowest BCUT2D eigenvalue weighted by Gasteiger charge is -2.25. The predicted molar refractivity (Wildman–Crippen MR) is 109 cm³/mol. The lowest BCUT2D eigenvalue weighted by molar-refractivity contribution is -0.117. The summed E-state index contributed by atoms with van der Waals surface area (Å²) >= 11 is 0. The fourth-order valence-electron chi connectivity index (χ4n) is 3.73. The third-order valence-electron chi connectivity index (χ3n) is 5.19. The van der Waals surface area contributed by atoms with Crippen molar-refractivity contribution >= 4 is 28.4 Å². The average Bonchev–Trinajstić information content (AvgIpc) is 3.52. The van der Waals surface area contributed by atoms with E-state index in [0.29, 0.717) is 11.2 Å². The smallest absolute Gasteiger partial charge is 0.294 e. The van der Waals surface area contributed by atoms with Gasteiger partial charge in [0.1, 0.15) is 24.2 Å². The largest absolute Gasteiger partial charge is 0.503 e. The summed E-state index contributed by atoms with van der Waals surface area (Å²) in [4.78, 5) is 38.8. The van der Waals surface area contributed by atoms with Gasteiger partial charge in [-0.1, -0.05) is 0 Å². The van der Waals surface area contributed by atoms with Gasteiger partial charge in [-0.2, -0.15) is 0 Å². The van der Waals surface area contributed by atoms with E-state index in [9.17, 15) is 19.8 Å². The number of amides is 1. The molecule has 0 aliphatic carbocycles. The number of H-pyrrole nitrogens is 1. The Labute approximate surface area is 175 Å². The first-order valence-electron chi connectivity index (χ1n) is 9.42. The van der Waals surface area contributed by atoms with E-state index in [1.807, 2.05) is 0 Å². The lowest BCUT2D eigenvalue weighted by Crippen LogP contribution is -2.30. The number of carbonyl (C=O) groups is 2. The highest BCUT2D eigenvalue weighted by Gasteiger charge is 2.46. The molecule has 4 aromatic rings. The molecular formula is C22H16N4O5. The topological polar surface area (TPSA) is 133 Å². The number of aliphatic hydroxyl groups excluding tert-OH is 2. The zero-order chi connectivity index (χ0) is 21.5. The van der Waals surface area contributed by atoms with Gasteiger partial charge in [0, 0.05) is 23.6 Å². The monoisotopic (exact) mass is 416 g/mol. The molecule has 0 saturated carbocycles. The molecule has 1 atom stereocenters. The molecule has 0 spiro atoms. The number of aliphatic hydroxyl groups is 2. The average molecular weight is 416 g/mol. The van der Waals surface area contributed by atoms with E-state index in [1.54, 1.807) is 30.3 Å². The molecule has 1 aromatic carbocycles. The number of hydrogen-bond donors (Lipinski definition) is 3. The molecule has 1 aliphatic rings. The van der Waals surface area contributed by atoms with E-state index in [0.717, 1.165) is 5.52 Å². The molecule has 4 heterocycles. The van der Waals surface area contributed by atoms with Crippen molar-refractivity contribution in [3.8, 4) is 0 Å². The van der Waals surface area contributed by atoms with E-state index in [2.05, 4.69) is 15.0 Å². The van der Waals surface area contributed by atoms with Gasteiger partial charge >= 0.3 is 0 Å². The number of benzene rings is 1. The van der Waals surface area contributed by atoms with Crippen LogP contribution in [0, 0.1) is 0 Å². The highest BCUT2D eigenvalue weighted by Crippen LogP contribution is 2.42. The van der Waals surface area contributed by atoms with Crippen LogP contribution in [0.2, 0.25) is 0 Å². The number of imidazole rings is 1. The number of ketones is 1. The summed E-state index contributed by atoms with van der Waals surface area (Å²) in [5, 5.41) is 20.1. The quantitative estimate of drug-likeness (QED) is 0.426. The van der Waals surface area contributed by atoms with Crippen molar-refractivity contribution in [1.82, 2.24) is 15.0 Å². The SMILES string of the molecule is O=C(C1=C(O)C(=O)N(c2ccc3[nH]cnc3c2)C1c1ccc(CO)o1)c1ccncc1. The minimum absolute atomic E-state index is 0.114. The van der Waals surface area contributed by atoms with Gasteiger partial charge in [0.25, 0.3) is 5.91 Å². The molecule has 0 fully saturated rings. The lowest BCUT2D eigenvalue weighted by atomic mass is 9.96. The van der Waals surface area contributed by atoms with Crippen LogP contribution < -0.4 is 4.90 Å². The van der Waals surface area contributed by atoms with E-state index >= 15 is 0 Å². The standard InChI is InChI=1S/C22H16N4O5/c27-10-14-2-4-17(31-14)19-18(20(28)12-5-7-23-8-6-12)21(29)22(30)26(19)13-1-3-15-16(9-13)25-11-24-15/h1-9,11,19,27,29H,10H2,(H,24,25). The van der Waals surface area contributed by atoms with Crippen molar-refractivity contribution in [3.63, 3.8) is 0 Å². The molecule has 154 valence electrons. The Morgan fingerprint density at radius 3 is 2.71 bits per heavy atom. The van der Waals surface area contributed by atoms with Crippen LogP contribution in [0.25, 0.3) is 11.0 Å². The Balaban J connectivity index is 1.67. The number of hydrogen-bond acceptors (Lipinski definition) is 7. The van der Waals surface area contributed by atoms with Crippen LogP contribution in [-0.4, -0.2) is 36.9 Å². The van der Waals surface area contributed by atoms with Gasteiger partial charge < -0.3 is 19.6 Å². The van der Waals surface area contributed by atoms with Gasteiger partial charge in [-0.05, 0) is 42.5 Å². The van der Waals surface area contributed by atoms with Crippen molar-refractivity contribution in [1.29, 1.82) is 0 Å². The number of nitrogens with zero attached hydrogens (tertiary/aromatic N) is 3. The van der Waals surface area contributed by atoms with Crippen LogP contribution in [0.5, 0.6) is 0 Å². The first-order valence-corrected chi connectivity index (χ1v) is 9.42. The molecule has 5 rings (SSSR count). The molecule has 9 heteroatoms. The van der Waals surface area contributed by atoms with Gasteiger partial charge in [0.2, 0.25) is 0 Å². The number of anilines is 1. The summed E-state index contributed by atoms with van der Waals surface area (Å²) in [6.45, 7) is -0.344. The minimum atomic E-state index is -1.02. The second-order valence-corrected chi connectivity index (χ2v) is 6.97. The Morgan fingerprint density at radius 1 is 1.16 bits per heavy atom. The van der Waals surface area contributed by atoms with Crippen molar-refractivity contribution < 1.29 is 24.2 Å². The van der Waals surface area contributed by atoms with Gasteiger partial charge in [-0.15, -0.1) is 0 Å². The van der Waals surface area contributed by atoms with E-state index < -0.39 is 23.5 Å². The summed E-state index contributed by atoms with van der Waals surface area (Å²) in [6.07, 6.45) is 4.44. The third-order valence-corrected chi connectivity index (χ3v) is 5.19. The van der Waals surface area contributed by atoms with Crippen LogP contribution in [0.3, 0.4) is 0 Å². The van der Waals surface area contributed by atoms with Crippen LogP contribution in [0.4, 0.5) is 5.69 Å². The second-order valence-electron chi connectivity index (χ2n) is 6.97. The molecule has 1 amide bonds. The molecule has 0 saturated heterocycles. The Morgan fingerprint density at radius 2 is 1.97 bits per heavy atom. The summed E-state index contributed by atoms with van der Waals surface area (Å²) in [5.74, 6) is -1.41. The minimum Gasteiger partial charge on any atom is -0.503 e. The van der Waals surface area contributed by atoms with E-state index in [-0.39, 0.29) is 29.3 Å². The van der Waals surface area contributed by atoms with Gasteiger partial charge in [0.05, 0.1) is 22.9 Å². The third kappa shape index (κ3) is 2.99. The number of nitrogens with one attached hydrogen (secondary N) is 1. The molecule has 0 radical (unpaired) electrons. The molecule has 1 aliphatic heterocycles. The summed E-state index contributed by atoms with van der Waals surface area (Å²) in [5.41, 5.74) is 1.98. The van der Waals surface area contributed by atoms with E-state index in [1.165, 1.54) is 35.8 Å². The molecule has 0 bridgehead atoms. The summed E-state index contributed by atoms with van der Waals surface area (Å²) in [7, 11) is 0. The van der Waals surface area contributed by atoms with Crippen molar-refractivity contribution in [2.45, 2.75) is 12.6 Å². The van der Waals surface area contributed by atoms with Gasteiger partial charge in [-0.3, -0.25) is 19.5 Å². The second kappa shape index (κ2) is 7.22. The van der Waals surface area contributed by atoms with Crippen LogP contribution in [0.1, 0.15) is 27.9 Å². The summed E-state index contributed by atoms with van der Waals surface area (Å²) < 4.78 is 5.68. The van der Waals surface area contributed by atoms with E-state index in [4.69, 9.17) is 4.42 Å². The van der Waals surface area contributed by atoms with Gasteiger partial charge in [0.15, 0.2) is 11.5 Å². The van der Waals surface area contributed by atoms with Crippen LogP contribution in [-0.2, 0) is 11.4 Å². The number of furan rings is 1. The number of aromatic amines is 1. The number of rotatable bonds is 5. The highest BCUT2D eigenvalue weighted by molar-refractivity contribution is 6.21. The first kappa shape index (κ1) is 18.8. The fourth-order valence-corrected chi connectivity index (χ4v) is 3.73.